The SMILES string of the molecule is COc1ccc(C=c2sc3c(C#N)cc(C(=O)c4ccccc4)n3c2=O)cc1. The van der Waals surface area contributed by atoms with Crippen LogP contribution in [-0.2, 0) is 0 Å². The topological polar surface area (TPSA) is 71.6 Å². The maximum absolute atomic E-state index is 13.0. The van der Waals surface area contributed by atoms with Crippen LogP contribution < -0.4 is 14.8 Å². The molecule has 0 saturated carbocycles. The minimum atomic E-state index is -0.309. The second-order valence-corrected chi connectivity index (χ2v) is 7.11. The number of hydrogen-bond acceptors (Lipinski definition) is 5. The van der Waals surface area contributed by atoms with Gasteiger partial charge in [-0.25, -0.2) is 0 Å². The third-order valence-corrected chi connectivity index (χ3v) is 5.49. The van der Waals surface area contributed by atoms with Crippen LogP contribution in [0.25, 0.3) is 10.9 Å². The molecule has 0 fully saturated rings. The smallest absolute Gasteiger partial charge is 0.273 e. The fraction of sp³-hybridized carbons (Fsp3) is 0.0455. The molecular weight excluding hydrogens is 372 g/mol. The van der Waals surface area contributed by atoms with E-state index < -0.39 is 0 Å². The summed E-state index contributed by atoms with van der Waals surface area (Å²) in [7, 11) is 1.59. The van der Waals surface area contributed by atoms with Crippen molar-refractivity contribution < 1.29 is 9.53 Å². The zero-order chi connectivity index (χ0) is 19.7. The summed E-state index contributed by atoms with van der Waals surface area (Å²) in [5.41, 5.74) is 1.51. The second-order valence-electron chi connectivity index (χ2n) is 6.08. The molecule has 0 amide bonds. The van der Waals surface area contributed by atoms with E-state index >= 15 is 0 Å². The number of carbonyl (C=O) groups excluding carboxylic acids is 1. The molecule has 136 valence electrons. The maximum Gasteiger partial charge on any atom is 0.273 e. The standard InChI is InChI=1S/C22H14N2O3S/c1-27-17-9-7-14(8-10-17)11-19-21(26)24-18(12-16(13-23)22(24)28-19)20(25)15-5-3-2-4-6-15/h2-12H,1H3. The predicted molar refractivity (Wildman–Crippen MR) is 108 cm³/mol. The van der Waals surface area contributed by atoms with Crippen molar-refractivity contribution in [1.29, 1.82) is 5.26 Å². The third kappa shape index (κ3) is 2.98. The minimum Gasteiger partial charge on any atom is -0.497 e. The van der Waals surface area contributed by atoms with Crippen molar-refractivity contribution >= 4 is 28.0 Å². The van der Waals surface area contributed by atoms with Crippen LogP contribution in [0, 0.1) is 11.3 Å². The van der Waals surface area contributed by atoms with Crippen LogP contribution >= 0.6 is 11.3 Å². The number of carbonyl (C=O) groups is 1. The van der Waals surface area contributed by atoms with Crippen LogP contribution in [0.1, 0.15) is 27.2 Å². The number of hydrogen-bond donors (Lipinski definition) is 0. The number of thiazole rings is 1. The zero-order valence-corrected chi connectivity index (χ0v) is 15.7. The highest BCUT2D eigenvalue weighted by Gasteiger charge is 2.20. The molecule has 2 heterocycles. The highest BCUT2D eigenvalue weighted by molar-refractivity contribution is 7.15. The molecule has 0 saturated heterocycles. The molecule has 0 spiro atoms. The molecular formula is C22H14N2O3S. The number of fused-ring (bicyclic) bond motifs is 1. The van der Waals surface area contributed by atoms with Gasteiger partial charge in [-0.05, 0) is 29.8 Å². The number of aromatic nitrogens is 1. The molecule has 0 aliphatic carbocycles. The van der Waals surface area contributed by atoms with Crippen molar-refractivity contribution in [2.24, 2.45) is 0 Å². The van der Waals surface area contributed by atoms with Crippen LogP contribution in [0.4, 0.5) is 0 Å². The number of ketones is 1. The van der Waals surface area contributed by atoms with Crippen LogP contribution in [0.3, 0.4) is 0 Å². The van der Waals surface area contributed by atoms with E-state index in [2.05, 4.69) is 6.07 Å². The molecule has 2 aromatic carbocycles. The van der Waals surface area contributed by atoms with Crippen LogP contribution in [-0.4, -0.2) is 17.3 Å². The van der Waals surface area contributed by atoms with Gasteiger partial charge in [-0.3, -0.25) is 14.0 Å². The summed E-state index contributed by atoms with van der Waals surface area (Å²) < 4.78 is 6.94. The number of nitrogens with zero attached hydrogens (tertiary/aromatic N) is 2. The Morgan fingerprint density at radius 2 is 1.86 bits per heavy atom. The number of nitriles is 1. The molecule has 0 unspecified atom stereocenters. The molecule has 0 atom stereocenters. The van der Waals surface area contributed by atoms with Crippen molar-refractivity contribution in [3.05, 3.63) is 97.9 Å². The van der Waals surface area contributed by atoms with Gasteiger partial charge in [0, 0.05) is 5.56 Å². The van der Waals surface area contributed by atoms with E-state index in [-0.39, 0.29) is 17.0 Å². The molecule has 2 aromatic heterocycles. The number of ether oxygens (including phenoxy) is 1. The number of methoxy groups -OCH3 is 1. The fourth-order valence-corrected chi connectivity index (χ4v) is 4.05. The van der Waals surface area contributed by atoms with Gasteiger partial charge in [-0.2, -0.15) is 5.26 Å². The maximum atomic E-state index is 13.0. The Balaban J connectivity index is 1.90. The van der Waals surface area contributed by atoms with Crippen LogP contribution in [0.2, 0.25) is 0 Å². The van der Waals surface area contributed by atoms with E-state index in [1.165, 1.54) is 21.8 Å². The fourth-order valence-electron chi connectivity index (χ4n) is 2.98. The summed E-state index contributed by atoms with van der Waals surface area (Å²) in [6, 6.07) is 19.6. The molecule has 6 heteroatoms. The van der Waals surface area contributed by atoms with Gasteiger partial charge >= 0.3 is 0 Å². The summed E-state index contributed by atoms with van der Waals surface area (Å²) in [5.74, 6) is 0.435. The van der Waals surface area contributed by atoms with Crippen molar-refractivity contribution in [2.75, 3.05) is 7.11 Å². The van der Waals surface area contributed by atoms with Gasteiger partial charge < -0.3 is 4.74 Å². The van der Waals surface area contributed by atoms with Gasteiger partial charge in [0.1, 0.15) is 16.6 Å². The quantitative estimate of drug-likeness (QED) is 0.506. The molecule has 0 aliphatic rings. The average molecular weight is 386 g/mol. The first-order valence-electron chi connectivity index (χ1n) is 8.46. The lowest BCUT2D eigenvalue weighted by molar-refractivity contribution is 0.103. The largest absolute Gasteiger partial charge is 0.497 e. The van der Waals surface area contributed by atoms with Crippen LogP contribution in [0.15, 0.2) is 65.5 Å². The van der Waals surface area contributed by atoms with Gasteiger partial charge in [0.15, 0.2) is 0 Å². The second kappa shape index (κ2) is 7.14. The highest BCUT2D eigenvalue weighted by atomic mass is 32.1. The normalized spacial score (nSPS) is 11.5. The van der Waals surface area contributed by atoms with Gasteiger partial charge in [0.05, 0.1) is 22.9 Å². The Morgan fingerprint density at radius 3 is 2.50 bits per heavy atom. The zero-order valence-electron chi connectivity index (χ0n) is 14.9. The molecule has 0 radical (unpaired) electrons. The average Bonchev–Trinajstić information content (AvgIpc) is 3.26. The molecule has 28 heavy (non-hydrogen) atoms. The minimum absolute atomic E-state index is 0.202. The lowest BCUT2D eigenvalue weighted by Gasteiger charge is -1.99. The van der Waals surface area contributed by atoms with Gasteiger partial charge in [0.2, 0.25) is 5.78 Å². The number of rotatable bonds is 4. The molecule has 0 N–H and O–H groups in total. The predicted octanol–water partition coefficient (Wildman–Crippen LogP) is 3.02. The van der Waals surface area contributed by atoms with Gasteiger partial charge in [-0.15, -0.1) is 11.3 Å². The highest BCUT2D eigenvalue weighted by Crippen LogP contribution is 2.20. The summed E-state index contributed by atoms with van der Waals surface area (Å²) in [5, 5.41) is 9.45. The van der Waals surface area contributed by atoms with Crippen LogP contribution in [0.5, 0.6) is 5.75 Å². The monoisotopic (exact) mass is 386 g/mol. The Kier molecular flexibility index (Phi) is 4.52. The van der Waals surface area contributed by atoms with E-state index in [4.69, 9.17) is 4.74 Å². The summed E-state index contributed by atoms with van der Waals surface area (Å²) in [6.45, 7) is 0. The van der Waals surface area contributed by atoms with Gasteiger partial charge in [-0.1, -0.05) is 42.5 Å². The Hall–Kier alpha value is -3.69. The van der Waals surface area contributed by atoms with E-state index in [1.807, 2.05) is 30.3 Å². The first-order valence-corrected chi connectivity index (χ1v) is 9.28. The Labute approximate surface area is 164 Å². The van der Waals surface area contributed by atoms with E-state index in [1.54, 1.807) is 37.5 Å². The first kappa shape index (κ1) is 17.7. The molecule has 5 nitrogen and oxygen atoms in total. The molecule has 0 aliphatic heterocycles. The van der Waals surface area contributed by atoms with Crippen molar-refractivity contribution in [3.63, 3.8) is 0 Å². The molecule has 4 aromatic rings. The third-order valence-electron chi connectivity index (χ3n) is 4.38. The summed E-state index contributed by atoms with van der Waals surface area (Å²) in [6.07, 6.45) is 1.75. The Bertz CT molecular complexity index is 1330. The van der Waals surface area contributed by atoms with E-state index in [9.17, 15) is 14.9 Å². The van der Waals surface area contributed by atoms with Crippen molar-refractivity contribution in [1.82, 2.24) is 4.40 Å². The number of benzene rings is 2. The van der Waals surface area contributed by atoms with E-state index in [0.29, 0.717) is 20.5 Å². The first-order chi connectivity index (χ1) is 13.6. The molecule has 0 bridgehead atoms. The summed E-state index contributed by atoms with van der Waals surface area (Å²) >= 11 is 1.20. The van der Waals surface area contributed by atoms with E-state index in [0.717, 1.165) is 11.3 Å². The lowest BCUT2D eigenvalue weighted by Crippen LogP contribution is -2.25. The van der Waals surface area contributed by atoms with Crippen molar-refractivity contribution in [2.45, 2.75) is 0 Å². The summed E-state index contributed by atoms with van der Waals surface area (Å²) in [4.78, 5) is 26.4. The Morgan fingerprint density at radius 1 is 1.14 bits per heavy atom. The van der Waals surface area contributed by atoms with Gasteiger partial charge in [0.25, 0.3) is 5.56 Å². The lowest BCUT2D eigenvalue weighted by atomic mass is 10.1. The van der Waals surface area contributed by atoms with Crippen molar-refractivity contribution in [3.8, 4) is 11.8 Å². The molecule has 4 rings (SSSR count).